The van der Waals surface area contributed by atoms with Crippen LogP contribution in [0.5, 0.6) is 0 Å². The van der Waals surface area contributed by atoms with Gasteiger partial charge in [-0.1, -0.05) is 97.8 Å². The van der Waals surface area contributed by atoms with E-state index >= 15 is 0 Å². The molecule has 34 heavy (non-hydrogen) atoms. The molecule has 0 aliphatic carbocycles. The van der Waals surface area contributed by atoms with Crippen molar-refractivity contribution in [2.45, 2.75) is 57.8 Å². The Balaban J connectivity index is 1.33. The molecule has 0 aliphatic heterocycles. The van der Waals surface area contributed by atoms with Crippen molar-refractivity contribution in [1.82, 2.24) is 0 Å². The van der Waals surface area contributed by atoms with Crippen LogP contribution in [0.1, 0.15) is 27.7 Å². The second kappa shape index (κ2) is 12.3. The molecule has 0 aliphatic rings. The fourth-order valence-electron chi connectivity index (χ4n) is 3.50. The Hall–Kier alpha value is -1.72. The summed E-state index contributed by atoms with van der Waals surface area (Å²) in [7, 11) is 3.61. The van der Waals surface area contributed by atoms with Crippen LogP contribution in [-0.2, 0) is 0 Å². The van der Waals surface area contributed by atoms with Gasteiger partial charge in [0.15, 0.2) is 0 Å². The van der Waals surface area contributed by atoms with E-state index in [1.54, 1.807) is 21.6 Å². The summed E-state index contributed by atoms with van der Waals surface area (Å²) in [6, 6.07) is 35.5. The van der Waals surface area contributed by atoms with Crippen molar-refractivity contribution < 1.29 is 0 Å². The molecule has 174 valence electrons. The zero-order chi connectivity index (χ0) is 23.9. The van der Waals surface area contributed by atoms with E-state index in [4.69, 9.17) is 0 Å². The van der Waals surface area contributed by atoms with Gasteiger partial charge in [0, 0.05) is 30.1 Å². The molecular formula is C30H30S4. The van der Waals surface area contributed by atoms with Gasteiger partial charge in [0.2, 0.25) is 0 Å². The van der Waals surface area contributed by atoms with E-state index in [1.165, 1.54) is 41.8 Å². The summed E-state index contributed by atoms with van der Waals surface area (Å²) in [4.78, 5) is 5.19. The molecule has 0 amide bonds. The maximum absolute atomic E-state index is 2.23. The van der Waals surface area contributed by atoms with Crippen molar-refractivity contribution in [2.24, 2.45) is 0 Å². The number of hydrogen-bond acceptors (Lipinski definition) is 4. The van der Waals surface area contributed by atoms with E-state index in [0.29, 0.717) is 10.5 Å². The first-order chi connectivity index (χ1) is 16.5. The Labute approximate surface area is 221 Å². The molecule has 4 heteroatoms. The molecule has 0 saturated carbocycles. The Bertz CT molecular complexity index is 1060. The minimum absolute atomic E-state index is 0.608. The van der Waals surface area contributed by atoms with E-state index in [9.17, 15) is 0 Å². The summed E-state index contributed by atoms with van der Waals surface area (Å²) in [5, 5.41) is 1.22. The third-order valence-electron chi connectivity index (χ3n) is 5.06. The normalized spacial score (nSPS) is 11.4. The van der Waals surface area contributed by atoms with E-state index in [0.717, 1.165) is 0 Å². The topological polar surface area (TPSA) is 0 Å². The number of rotatable bonds is 9. The first-order valence-corrected chi connectivity index (χ1v) is 15.5. The fraction of sp³-hybridized carbons (Fsp3) is 0.200. The van der Waals surface area contributed by atoms with Gasteiger partial charge in [-0.3, -0.25) is 0 Å². The molecule has 4 rings (SSSR count). The predicted molar refractivity (Wildman–Crippen MR) is 157 cm³/mol. The zero-order valence-electron chi connectivity index (χ0n) is 20.0. The molecule has 0 spiro atoms. The molecule has 0 unspecified atom stereocenters. The molecule has 0 atom stereocenters. The summed E-state index contributed by atoms with van der Waals surface area (Å²) in [6.45, 7) is 8.92. The highest BCUT2D eigenvalue weighted by molar-refractivity contribution is 8.76. The van der Waals surface area contributed by atoms with Crippen molar-refractivity contribution in [1.29, 1.82) is 0 Å². The minimum Gasteiger partial charge on any atom is -0.123 e. The Morgan fingerprint density at radius 1 is 0.353 bits per heavy atom. The van der Waals surface area contributed by atoms with Gasteiger partial charge in [-0.2, -0.15) is 0 Å². The maximum atomic E-state index is 2.23. The second-order valence-electron chi connectivity index (χ2n) is 8.60. The monoisotopic (exact) mass is 518 g/mol. The second-order valence-corrected chi connectivity index (χ2v) is 14.2. The highest BCUT2D eigenvalue weighted by Gasteiger charge is 2.04. The standard InChI is InChI=1S/C30H30S4/c1-21(2)31-27-13-5-23(6-14-27)25-9-17-29(18-10-25)33-34-30-19-11-26(12-20-30)24-7-15-28(16-8-24)32-22(3)4/h5-22H,1-4H3. The highest BCUT2D eigenvalue weighted by atomic mass is 33.1. The fourth-order valence-corrected chi connectivity index (χ4v) is 7.10. The Morgan fingerprint density at radius 3 is 0.824 bits per heavy atom. The van der Waals surface area contributed by atoms with Gasteiger partial charge in [0.05, 0.1) is 0 Å². The van der Waals surface area contributed by atoms with E-state index in [2.05, 4.69) is 125 Å². The van der Waals surface area contributed by atoms with Crippen molar-refractivity contribution in [2.75, 3.05) is 0 Å². The van der Waals surface area contributed by atoms with Crippen LogP contribution in [0, 0.1) is 0 Å². The molecule has 0 aromatic heterocycles. The van der Waals surface area contributed by atoms with Gasteiger partial charge < -0.3 is 0 Å². The summed E-state index contributed by atoms with van der Waals surface area (Å²) in [5.41, 5.74) is 5.06. The third-order valence-corrected chi connectivity index (χ3v) is 9.51. The van der Waals surface area contributed by atoms with Crippen LogP contribution >= 0.6 is 45.1 Å². The van der Waals surface area contributed by atoms with E-state index < -0.39 is 0 Å². The lowest BCUT2D eigenvalue weighted by atomic mass is 10.1. The largest absolute Gasteiger partial charge is 0.123 e. The number of hydrogen-bond donors (Lipinski definition) is 0. The highest BCUT2D eigenvalue weighted by Crippen LogP contribution is 2.39. The lowest BCUT2D eigenvalue weighted by Crippen LogP contribution is -1.85. The molecule has 0 N–H and O–H groups in total. The first kappa shape index (κ1) is 25.4. The van der Waals surface area contributed by atoms with Crippen LogP contribution in [-0.4, -0.2) is 10.5 Å². The third kappa shape index (κ3) is 7.39. The van der Waals surface area contributed by atoms with Crippen LogP contribution in [0.15, 0.2) is 117 Å². The smallest absolute Gasteiger partial charge is 0.0186 e. The molecule has 0 saturated heterocycles. The quantitative estimate of drug-likeness (QED) is 0.159. The van der Waals surface area contributed by atoms with Crippen molar-refractivity contribution in [3.05, 3.63) is 97.1 Å². The van der Waals surface area contributed by atoms with E-state index in [1.807, 2.05) is 23.5 Å². The molecule has 0 fully saturated rings. The summed E-state index contributed by atoms with van der Waals surface area (Å²) in [5.74, 6) is 0. The van der Waals surface area contributed by atoms with Crippen molar-refractivity contribution >= 4 is 45.1 Å². The number of thioether (sulfide) groups is 2. The lowest BCUT2D eigenvalue weighted by molar-refractivity contribution is 1.11. The average Bonchev–Trinajstić information content (AvgIpc) is 2.84. The molecule has 4 aromatic carbocycles. The van der Waals surface area contributed by atoms with Gasteiger partial charge >= 0.3 is 0 Å². The van der Waals surface area contributed by atoms with Crippen LogP contribution in [0.2, 0.25) is 0 Å². The summed E-state index contributed by atoms with van der Waals surface area (Å²) < 4.78 is 0. The molecule has 0 bridgehead atoms. The Kier molecular flexibility index (Phi) is 9.18. The van der Waals surface area contributed by atoms with Gasteiger partial charge in [-0.05, 0) is 70.8 Å². The van der Waals surface area contributed by atoms with Crippen LogP contribution in [0.3, 0.4) is 0 Å². The molecule has 0 nitrogen and oxygen atoms in total. The molecule has 0 heterocycles. The molecule has 0 radical (unpaired) electrons. The van der Waals surface area contributed by atoms with Crippen LogP contribution < -0.4 is 0 Å². The maximum Gasteiger partial charge on any atom is 0.0186 e. The van der Waals surface area contributed by atoms with Gasteiger partial charge in [-0.25, -0.2) is 0 Å². The lowest BCUT2D eigenvalue weighted by Gasteiger charge is -2.08. The average molecular weight is 519 g/mol. The Morgan fingerprint density at radius 2 is 0.588 bits per heavy atom. The SMILES string of the molecule is CC(C)Sc1ccc(-c2ccc(SSc3ccc(-c4ccc(SC(C)C)cc4)cc3)cc2)cc1. The van der Waals surface area contributed by atoms with Crippen molar-refractivity contribution in [3.63, 3.8) is 0 Å². The molecule has 4 aromatic rings. The van der Waals surface area contributed by atoms with Gasteiger partial charge in [-0.15, -0.1) is 23.5 Å². The van der Waals surface area contributed by atoms with E-state index in [-0.39, 0.29) is 0 Å². The van der Waals surface area contributed by atoms with Crippen molar-refractivity contribution in [3.8, 4) is 22.3 Å². The van der Waals surface area contributed by atoms with Crippen LogP contribution in [0.4, 0.5) is 0 Å². The van der Waals surface area contributed by atoms with Gasteiger partial charge in [0.1, 0.15) is 0 Å². The van der Waals surface area contributed by atoms with Crippen LogP contribution in [0.25, 0.3) is 22.3 Å². The summed E-state index contributed by atoms with van der Waals surface area (Å²) >= 11 is 3.81. The minimum atomic E-state index is 0.608. The summed E-state index contributed by atoms with van der Waals surface area (Å²) in [6.07, 6.45) is 0. The predicted octanol–water partition coefficient (Wildman–Crippen LogP) is 10.8. The number of benzene rings is 4. The molecular weight excluding hydrogens is 489 g/mol. The first-order valence-electron chi connectivity index (χ1n) is 11.5. The zero-order valence-corrected chi connectivity index (χ0v) is 23.3. The van der Waals surface area contributed by atoms with Gasteiger partial charge in [0.25, 0.3) is 0 Å².